The number of hydrogen-bond acceptors (Lipinski definition) is 5. The molecule has 32 heavy (non-hydrogen) atoms. The molecule has 9 heteroatoms. The molecule has 0 N–H and O–H groups in total. The van der Waals surface area contributed by atoms with E-state index in [0.29, 0.717) is 36.7 Å². The van der Waals surface area contributed by atoms with Gasteiger partial charge in [0.05, 0.1) is 25.3 Å². The molecule has 0 spiro atoms. The van der Waals surface area contributed by atoms with Crippen molar-refractivity contribution in [3.8, 4) is 11.5 Å². The predicted octanol–water partition coefficient (Wildman–Crippen LogP) is 4.12. The average Bonchev–Trinajstić information content (AvgIpc) is 3.51. The number of sulfonamides is 1. The minimum Gasteiger partial charge on any atom is -0.497 e. The lowest BCUT2D eigenvalue weighted by atomic mass is 10.0. The van der Waals surface area contributed by atoms with E-state index in [4.69, 9.17) is 21.1 Å². The van der Waals surface area contributed by atoms with Crippen LogP contribution in [-0.4, -0.2) is 57.4 Å². The largest absolute Gasteiger partial charge is 0.497 e. The highest BCUT2D eigenvalue weighted by Gasteiger charge is 2.34. The molecule has 0 bridgehead atoms. The molecule has 2 heterocycles. The van der Waals surface area contributed by atoms with Gasteiger partial charge in [0, 0.05) is 30.8 Å². The van der Waals surface area contributed by atoms with Crippen molar-refractivity contribution in [2.24, 2.45) is 0 Å². The van der Waals surface area contributed by atoms with Crippen molar-refractivity contribution in [3.05, 3.63) is 52.5 Å². The first-order valence-electron chi connectivity index (χ1n) is 10.7. The maximum atomic E-state index is 13.5. The molecule has 2 aliphatic rings. The standard InChI is InChI=1S/C23H27ClN2O5S/c1-30-17-8-10-21(31-2)18(15-17)20-6-5-13-26(20)23(27)16-7-9-19(24)22(14-16)32(28,29)25-11-3-4-12-25/h7-10,14-15,20H,3-6,11-13H2,1-2H3/t20-/m0/s1. The van der Waals surface area contributed by atoms with Gasteiger partial charge in [-0.3, -0.25) is 4.79 Å². The Morgan fingerprint density at radius 2 is 1.75 bits per heavy atom. The molecule has 2 aromatic rings. The second kappa shape index (κ2) is 9.29. The third-order valence-corrected chi connectivity index (χ3v) is 8.55. The summed E-state index contributed by atoms with van der Waals surface area (Å²) < 4.78 is 38.5. The summed E-state index contributed by atoms with van der Waals surface area (Å²) in [4.78, 5) is 15.3. The third-order valence-electron chi connectivity index (χ3n) is 6.17. The normalized spacial score (nSPS) is 19.3. The molecule has 2 aliphatic heterocycles. The van der Waals surface area contributed by atoms with Gasteiger partial charge in [-0.15, -0.1) is 0 Å². The first-order chi connectivity index (χ1) is 15.4. The van der Waals surface area contributed by atoms with Crippen LogP contribution in [0.1, 0.15) is 47.6 Å². The summed E-state index contributed by atoms with van der Waals surface area (Å²) in [5.41, 5.74) is 1.18. The van der Waals surface area contributed by atoms with E-state index in [-0.39, 0.29) is 21.9 Å². The van der Waals surface area contributed by atoms with Gasteiger partial charge in [0.25, 0.3) is 5.91 Å². The summed E-state index contributed by atoms with van der Waals surface area (Å²) in [6.45, 7) is 1.52. The highest BCUT2D eigenvalue weighted by molar-refractivity contribution is 7.89. The number of halogens is 1. The summed E-state index contributed by atoms with van der Waals surface area (Å²) in [6, 6.07) is 9.84. The number of ether oxygens (including phenoxy) is 2. The van der Waals surface area contributed by atoms with Crippen LogP contribution in [0.25, 0.3) is 0 Å². The van der Waals surface area contributed by atoms with Crippen LogP contribution in [0.4, 0.5) is 0 Å². The SMILES string of the molecule is COc1ccc(OC)c([C@@H]2CCCN2C(=O)c2ccc(Cl)c(S(=O)(=O)N3CCCC3)c2)c1. The number of hydrogen-bond donors (Lipinski definition) is 0. The molecule has 0 radical (unpaired) electrons. The lowest BCUT2D eigenvalue weighted by Crippen LogP contribution is -2.31. The van der Waals surface area contributed by atoms with E-state index in [1.807, 2.05) is 18.2 Å². The monoisotopic (exact) mass is 478 g/mol. The zero-order valence-electron chi connectivity index (χ0n) is 18.2. The van der Waals surface area contributed by atoms with E-state index in [1.54, 1.807) is 25.2 Å². The molecule has 4 rings (SSSR count). The number of benzene rings is 2. The van der Waals surface area contributed by atoms with Gasteiger partial charge < -0.3 is 14.4 Å². The quantitative estimate of drug-likeness (QED) is 0.624. The van der Waals surface area contributed by atoms with E-state index in [2.05, 4.69) is 0 Å². The Kier molecular flexibility index (Phi) is 6.65. The molecule has 2 fully saturated rings. The minimum absolute atomic E-state index is 0.0124. The van der Waals surface area contributed by atoms with E-state index in [0.717, 1.165) is 31.2 Å². The van der Waals surface area contributed by atoms with Gasteiger partial charge in [-0.1, -0.05) is 11.6 Å². The van der Waals surface area contributed by atoms with E-state index >= 15 is 0 Å². The molecule has 2 saturated heterocycles. The molecule has 1 amide bonds. The molecular formula is C23H27ClN2O5S. The molecule has 172 valence electrons. The predicted molar refractivity (Wildman–Crippen MR) is 122 cm³/mol. The molecule has 0 aliphatic carbocycles. The topological polar surface area (TPSA) is 76.1 Å². The van der Waals surface area contributed by atoms with Crippen LogP contribution in [0.5, 0.6) is 11.5 Å². The Bertz CT molecular complexity index is 1120. The van der Waals surface area contributed by atoms with Crippen LogP contribution in [0.15, 0.2) is 41.3 Å². The Balaban J connectivity index is 1.67. The fourth-order valence-electron chi connectivity index (χ4n) is 4.50. The molecule has 0 saturated carbocycles. The molecule has 1 atom stereocenters. The fraction of sp³-hybridized carbons (Fsp3) is 0.435. The van der Waals surface area contributed by atoms with Crippen LogP contribution in [-0.2, 0) is 10.0 Å². The fourth-order valence-corrected chi connectivity index (χ4v) is 6.52. The number of nitrogens with zero attached hydrogens (tertiary/aromatic N) is 2. The van der Waals surface area contributed by atoms with Gasteiger partial charge in [-0.25, -0.2) is 8.42 Å². The molecule has 2 aromatic carbocycles. The van der Waals surface area contributed by atoms with Crippen molar-refractivity contribution in [2.45, 2.75) is 36.6 Å². The Morgan fingerprint density at radius 1 is 1.00 bits per heavy atom. The van der Waals surface area contributed by atoms with Gasteiger partial charge in [-0.2, -0.15) is 4.31 Å². The van der Waals surface area contributed by atoms with Crippen molar-refractivity contribution in [1.29, 1.82) is 0 Å². The number of rotatable bonds is 6. The smallest absolute Gasteiger partial charge is 0.254 e. The molecule has 0 aromatic heterocycles. The minimum atomic E-state index is -3.74. The highest BCUT2D eigenvalue weighted by Crippen LogP contribution is 2.40. The second-order valence-corrected chi connectivity index (χ2v) is 10.3. The first kappa shape index (κ1) is 22.9. The lowest BCUT2D eigenvalue weighted by Gasteiger charge is -2.27. The van der Waals surface area contributed by atoms with Gasteiger partial charge in [0.2, 0.25) is 10.0 Å². The van der Waals surface area contributed by atoms with Crippen molar-refractivity contribution < 1.29 is 22.7 Å². The number of likely N-dealkylation sites (tertiary alicyclic amines) is 1. The lowest BCUT2D eigenvalue weighted by molar-refractivity contribution is 0.0733. The summed E-state index contributed by atoms with van der Waals surface area (Å²) in [5.74, 6) is 1.14. The van der Waals surface area contributed by atoms with Crippen LogP contribution in [0.3, 0.4) is 0 Å². The van der Waals surface area contributed by atoms with Gasteiger partial charge in [-0.05, 0) is 62.1 Å². The van der Waals surface area contributed by atoms with Gasteiger partial charge >= 0.3 is 0 Å². The number of methoxy groups -OCH3 is 2. The van der Waals surface area contributed by atoms with Crippen molar-refractivity contribution >= 4 is 27.5 Å². The first-order valence-corrected chi connectivity index (χ1v) is 12.5. The summed E-state index contributed by atoms with van der Waals surface area (Å²) in [6.07, 6.45) is 3.27. The number of carbonyl (C=O) groups excluding carboxylic acids is 1. The van der Waals surface area contributed by atoms with Crippen LogP contribution < -0.4 is 9.47 Å². The van der Waals surface area contributed by atoms with Crippen LogP contribution in [0.2, 0.25) is 5.02 Å². The van der Waals surface area contributed by atoms with E-state index in [9.17, 15) is 13.2 Å². The second-order valence-electron chi connectivity index (χ2n) is 8.02. The average molecular weight is 479 g/mol. The Morgan fingerprint density at radius 3 is 2.44 bits per heavy atom. The zero-order valence-corrected chi connectivity index (χ0v) is 19.8. The van der Waals surface area contributed by atoms with Gasteiger partial charge in [0.15, 0.2) is 0 Å². The maximum absolute atomic E-state index is 13.5. The number of amides is 1. The maximum Gasteiger partial charge on any atom is 0.254 e. The Hall–Kier alpha value is -2.29. The number of carbonyl (C=O) groups is 1. The molecular weight excluding hydrogens is 452 g/mol. The third kappa shape index (κ3) is 4.19. The van der Waals surface area contributed by atoms with Crippen molar-refractivity contribution in [3.63, 3.8) is 0 Å². The summed E-state index contributed by atoms with van der Waals surface area (Å²) >= 11 is 6.26. The molecule has 7 nitrogen and oxygen atoms in total. The molecule has 0 unspecified atom stereocenters. The van der Waals surface area contributed by atoms with Crippen LogP contribution in [0, 0.1) is 0 Å². The van der Waals surface area contributed by atoms with Gasteiger partial charge in [0.1, 0.15) is 16.4 Å². The van der Waals surface area contributed by atoms with E-state index < -0.39 is 10.0 Å². The Labute approximate surface area is 193 Å². The summed E-state index contributed by atoms with van der Waals surface area (Å²) in [7, 11) is -0.545. The van der Waals surface area contributed by atoms with Crippen molar-refractivity contribution in [1.82, 2.24) is 9.21 Å². The van der Waals surface area contributed by atoms with Crippen molar-refractivity contribution in [2.75, 3.05) is 33.9 Å². The zero-order chi connectivity index (χ0) is 22.9. The van der Waals surface area contributed by atoms with E-state index in [1.165, 1.54) is 16.4 Å². The summed E-state index contributed by atoms with van der Waals surface area (Å²) in [5, 5.41) is 0.126. The highest BCUT2D eigenvalue weighted by atomic mass is 35.5. The van der Waals surface area contributed by atoms with Crippen LogP contribution >= 0.6 is 11.6 Å².